The molecule has 0 spiro atoms. The summed E-state index contributed by atoms with van der Waals surface area (Å²) in [5.74, 6) is 0.105. The van der Waals surface area contributed by atoms with Crippen molar-refractivity contribution in [1.82, 2.24) is 9.80 Å². The highest BCUT2D eigenvalue weighted by Crippen LogP contribution is 2.34. The molecule has 2 aliphatic rings. The molecule has 0 aromatic rings. The predicted octanol–water partition coefficient (Wildman–Crippen LogP) is 1.57. The second-order valence-corrected chi connectivity index (χ2v) is 6.98. The summed E-state index contributed by atoms with van der Waals surface area (Å²) in [6.45, 7) is 6.42. The van der Waals surface area contributed by atoms with Crippen LogP contribution in [0.25, 0.3) is 0 Å². The van der Waals surface area contributed by atoms with Gasteiger partial charge in [0, 0.05) is 31.5 Å². The molecule has 0 aromatic heterocycles. The van der Waals surface area contributed by atoms with E-state index >= 15 is 0 Å². The minimum atomic E-state index is -0.222. The van der Waals surface area contributed by atoms with Gasteiger partial charge in [-0.1, -0.05) is 11.6 Å². The number of hydrogen-bond acceptors (Lipinski definition) is 3. The number of rotatable bonds is 5. The smallest absolute Gasteiger partial charge is 0.242 e. The molecule has 2 saturated heterocycles. The first-order chi connectivity index (χ1) is 10.5. The number of allylic oxidation sites excluding steroid dienone is 2. The third kappa shape index (κ3) is 4.09. The van der Waals surface area contributed by atoms with Gasteiger partial charge in [-0.05, 0) is 39.5 Å². The van der Waals surface area contributed by atoms with E-state index in [1.54, 1.807) is 4.90 Å². The van der Waals surface area contributed by atoms with Crippen molar-refractivity contribution in [3.8, 4) is 0 Å². The third-order valence-corrected chi connectivity index (χ3v) is 4.79. The normalized spacial score (nSPS) is 25.5. The van der Waals surface area contributed by atoms with Crippen LogP contribution in [0.3, 0.4) is 0 Å². The van der Waals surface area contributed by atoms with Crippen molar-refractivity contribution in [2.24, 2.45) is 5.41 Å². The number of carbonyl (C=O) groups is 2. The van der Waals surface area contributed by atoms with E-state index in [-0.39, 0.29) is 30.4 Å². The minimum Gasteiger partial charge on any atom is -0.396 e. The van der Waals surface area contributed by atoms with Gasteiger partial charge in [-0.2, -0.15) is 0 Å². The Hall–Kier alpha value is -1.36. The van der Waals surface area contributed by atoms with E-state index < -0.39 is 0 Å². The van der Waals surface area contributed by atoms with E-state index in [1.165, 1.54) is 5.57 Å². The van der Waals surface area contributed by atoms with E-state index in [1.807, 2.05) is 4.90 Å². The van der Waals surface area contributed by atoms with Gasteiger partial charge in [-0.15, -0.1) is 0 Å². The molecule has 1 unspecified atom stereocenters. The summed E-state index contributed by atoms with van der Waals surface area (Å²) in [5.41, 5.74) is 1.01. The summed E-state index contributed by atoms with van der Waals surface area (Å²) >= 11 is 0. The number of amides is 2. The zero-order valence-corrected chi connectivity index (χ0v) is 13.8. The van der Waals surface area contributed by atoms with Crippen LogP contribution in [0, 0.1) is 5.41 Å². The number of aliphatic hydroxyl groups is 1. The molecule has 5 nitrogen and oxygen atoms in total. The number of hydrogen-bond donors (Lipinski definition) is 1. The van der Waals surface area contributed by atoms with Crippen LogP contribution in [0.5, 0.6) is 0 Å². The molecule has 2 aliphatic heterocycles. The van der Waals surface area contributed by atoms with E-state index in [0.717, 1.165) is 32.2 Å². The van der Waals surface area contributed by atoms with Gasteiger partial charge in [0.1, 0.15) is 0 Å². The zero-order chi connectivity index (χ0) is 16.2. The van der Waals surface area contributed by atoms with Crippen molar-refractivity contribution in [3.05, 3.63) is 11.6 Å². The molecule has 2 fully saturated rings. The quantitative estimate of drug-likeness (QED) is 0.784. The fourth-order valence-electron chi connectivity index (χ4n) is 3.34. The van der Waals surface area contributed by atoms with E-state index in [2.05, 4.69) is 19.9 Å². The molecule has 0 radical (unpaired) electrons. The summed E-state index contributed by atoms with van der Waals surface area (Å²) in [7, 11) is 0. The fourth-order valence-corrected chi connectivity index (χ4v) is 3.34. The fraction of sp³-hybridized carbons (Fsp3) is 0.765. The third-order valence-electron chi connectivity index (χ3n) is 4.79. The van der Waals surface area contributed by atoms with Gasteiger partial charge >= 0.3 is 0 Å². The van der Waals surface area contributed by atoms with Crippen LogP contribution in [0.1, 0.15) is 46.0 Å². The molecular formula is C17H28N2O3. The first-order valence-electron chi connectivity index (χ1n) is 8.25. The second-order valence-electron chi connectivity index (χ2n) is 6.98. The van der Waals surface area contributed by atoms with Gasteiger partial charge in [0.15, 0.2) is 0 Å². The molecular weight excluding hydrogens is 280 g/mol. The van der Waals surface area contributed by atoms with Crippen molar-refractivity contribution in [2.75, 3.05) is 32.8 Å². The lowest BCUT2D eigenvalue weighted by Gasteiger charge is -2.42. The van der Waals surface area contributed by atoms with E-state index in [4.69, 9.17) is 0 Å². The molecule has 0 aliphatic carbocycles. The highest BCUT2D eigenvalue weighted by Gasteiger charge is 2.36. The molecule has 0 saturated carbocycles. The van der Waals surface area contributed by atoms with Crippen LogP contribution < -0.4 is 0 Å². The average Bonchev–Trinajstić information content (AvgIpc) is 2.90. The molecule has 0 bridgehead atoms. The van der Waals surface area contributed by atoms with Crippen LogP contribution in [0.4, 0.5) is 0 Å². The van der Waals surface area contributed by atoms with Crippen molar-refractivity contribution >= 4 is 11.8 Å². The second kappa shape index (κ2) is 7.27. The molecule has 0 aromatic carbocycles. The molecule has 1 atom stereocenters. The average molecular weight is 308 g/mol. The molecule has 5 heteroatoms. The highest BCUT2D eigenvalue weighted by molar-refractivity contribution is 5.86. The van der Waals surface area contributed by atoms with Crippen molar-refractivity contribution in [2.45, 2.75) is 46.0 Å². The summed E-state index contributed by atoms with van der Waals surface area (Å²) in [6, 6.07) is 0. The minimum absolute atomic E-state index is 0.0185. The van der Waals surface area contributed by atoms with Gasteiger partial charge in [-0.3, -0.25) is 9.59 Å². The van der Waals surface area contributed by atoms with Gasteiger partial charge < -0.3 is 14.9 Å². The van der Waals surface area contributed by atoms with Crippen molar-refractivity contribution in [3.63, 3.8) is 0 Å². The standard InChI is InChI=1S/C17H28N2O3/c1-14(2)6-8-17(13-20)7-4-10-19(12-17)16(22)11-18-9-3-5-15(18)21/h6,20H,3-5,7-13H2,1-2H3. The first-order valence-corrected chi connectivity index (χ1v) is 8.25. The molecule has 22 heavy (non-hydrogen) atoms. The first kappa shape index (κ1) is 17.0. The molecule has 2 amide bonds. The zero-order valence-electron chi connectivity index (χ0n) is 13.8. The topological polar surface area (TPSA) is 60.9 Å². The van der Waals surface area contributed by atoms with Gasteiger partial charge in [0.05, 0.1) is 13.2 Å². The SMILES string of the molecule is CC(C)=CCC1(CO)CCCN(C(=O)CN2CCCC2=O)C1. The largest absolute Gasteiger partial charge is 0.396 e. The lowest BCUT2D eigenvalue weighted by molar-refractivity contribution is -0.141. The number of piperidine rings is 1. The summed E-state index contributed by atoms with van der Waals surface area (Å²) in [6.07, 6.45) is 6.23. The Kier molecular flexibility index (Phi) is 5.62. The van der Waals surface area contributed by atoms with Crippen LogP contribution in [0.15, 0.2) is 11.6 Å². The number of nitrogens with zero attached hydrogens (tertiary/aromatic N) is 2. The van der Waals surface area contributed by atoms with Gasteiger partial charge in [-0.25, -0.2) is 0 Å². The molecule has 1 N–H and O–H groups in total. The Morgan fingerprint density at radius 1 is 1.32 bits per heavy atom. The Balaban J connectivity index is 1.97. The summed E-state index contributed by atoms with van der Waals surface area (Å²) < 4.78 is 0. The van der Waals surface area contributed by atoms with Crippen molar-refractivity contribution < 1.29 is 14.7 Å². The predicted molar refractivity (Wildman–Crippen MR) is 85.2 cm³/mol. The summed E-state index contributed by atoms with van der Waals surface area (Å²) in [4.78, 5) is 27.6. The maximum atomic E-state index is 12.5. The van der Waals surface area contributed by atoms with Gasteiger partial charge in [0.25, 0.3) is 0 Å². The van der Waals surface area contributed by atoms with Crippen LogP contribution in [-0.4, -0.2) is 59.5 Å². The Morgan fingerprint density at radius 3 is 2.68 bits per heavy atom. The summed E-state index contributed by atoms with van der Waals surface area (Å²) in [5, 5.41) is 9.85. The molecule has 124 valence electrons. The number of likely N-dealkylation sites (tertiary alicyclic amines) is 2. The van der Waals surface area contributed by atoms with E-state index in [0.29, 0.717) is 19.5 Å². The maximum absolute atomic E-state index is 12.5. The Morgan fingerprint density at radius 2 is 2.09 bits per heavy atom. The number of carbonyl (C=O) groups excluding carboxylic acids is 2. The van der Waals surface area contributed by atoms with Crippen LogP contribution in [-0.2, 0) is 9.59 Å². The number of aliphatic hydroxyl groups excluding tert-OH is 1. The lowest BCUT2D eigenvalue weighted by Crippen LogP contribution is -2.50. The van der Waals surface area contributed by atoms with Crippen LogP contribution in [0.2, 0.25) is 0 Å². The maximum Gasteiger partial charge on any atom is 0.242 e. The van der Waals surface area contributed by atoms with Crippen LogP contribution >= 0.6 is 0 Å². The lowest BCUT2D eigenvalue weighted by atomic mass is 9.77. The van der Waals surface area contributed by atoms with Gasteiger partial charge in [0.2, 0.25) is 11.8 Å². The molecule has 2 heterocycles. The van der Waals surface area contributed by atoms with Crippen molar-refractivity contribution in [1.29, 1.82) is 0 Å². The Bertz CT molecular complexity index is 457. The molecule has 2 rings (SSSR count). The highest BCUT2D eigenvalue weighted by atomic mass is 16.3. The Labute approximate surface area is 133 Å². The van der Waals surface area contributed by atoms with E-state index in [9.17, 15) is 14.7 Å². The monoisotopic (exact) mass is 308 g/mol.